The van der Waals surface area contributed by atoms with Gasteiger partial charge < -0.3 is 0 Å². The number of nitrogens with zero attached hydrogens (tertiary/aromatic N) is 2. The summed E-state index contributed by atoms with van der Waals surface area (Å²) in [5, 5.41) is 0.690. The highest BCUT2D eigenvalue weighted by molar-refractivity contribution is 7.80. The molecule has 0 saturated heterocycles. The quantitative estimate of drug-likeness (QED) is 0.501. The number of thiol groups is 2. The van der Waals surface area contributed by atoms with Gasteiger partial charge in [-0.25, -0.2) is 4.98 Å². The van der Waals surface area contributed by atoms with Gasteiger partial charge in [-0.15, -0.1) is 12.6 Å². The van der Waals surface area contributed by atoms with Crippen LogP contribution in [0.25, 0.3) is 0 Å². The predicted molar refractivity (Wildman–Crippen MR) is 33.9 cm³/mol. The molecule has 0 unspecified atom stereocenters. The third-order valence-corrected chi connectivity index (χ3v) is 1.01. The Morgan fingerprint density at radius 3 is 2.57 bits per heavy atom. The Morgan fingerprint density at radius 1 is 1.71 bits per heavy atom. The summed E-state index contributed by atoms with van der Waals surface area (Å²) in [6.07, 6.45) is 3.28. The molecule has 0 aliphatic carbocycles. The second-order valence-corrected chi connectivity index (χ2v) is 2.03. The molecule has 0 fully saturated rings. The molecule has 1 aromatic rings. The summed E-state index contributed by atoms with van der Waals surface area (Å²) in [6.45, 7) is 0. The lowest BCUT2D eigenvalue weighted by Crippen LogP contribution is -1.65. The van der Waals surface area contributed by atoms with Crippen molar-refractivity contribution in [2.75, 3.05) is 0 Å². The molecular weight excluding hydrogens is 128 g/mol. The van der Waals surface area contributed by atoms with E-state index in [2.05, 4.69) is 30.4 Å². The largest absolute Gasteiger partial charge is 0.282 e. The average Bonchev–Trinajstić information content (AvgIpc) is 1.87. The van der Waals surface area contributed by atoms with Crippen LogP contribution >= 0.6 is 25.4 Å². The molecule has 1 heterocycles. The fourth-order valence-electron chi connectivity index (χ4n) is 0.303. The van der Waals surface area contributed by atoms with Crippen LogP contribution in [-0.2, 0) is 0 Å². The number of rotatable bonds is 0. The van der Waals surface area contributed by atoms with Crippen molar-refractivity contribution >= 4 is 25.4 Å². The summed E-state index contributed by atoms with van der Waals surface area (Å²) in [6, 6.07) is 0. The smallest absolute Gasteiger partial charge is 0.112 e. The van der Waals surface area contributed by atoms with E-state index in [9.17, 15) is 0 Å². The van der Waals surface area contributed by atoms with E-state index in [1.807, 2.05) is 0 Å². The standard InChI is InChI=1S/C3H4N2S2/c6-3-1-5(7)2-4-3/h1-2,6-7H. The Bertz CT molecular complexity index is 143. The molecule has 0 radical (unpaired) electrons. The monoisotopic (exact) mass is 132 g/mol. The zero-order valence-electron chi connectivity index (χ0n) is 3.44. The lowest BCUT2D eigenvalue weighted by Gasteiger charge is -1.75. The van der Waals surface area contributed by atoms with Crippen LogP contribution in [0.2, 0.25) is 0 Å². The van der Waals surface area contributed by atoms with Crippen LogP contribution in [0.4, 0.5) is 0 Å². The van der Waals surface area contributed by atoms with Crippen molar-refractivity contribution in [2.24, 2.45) is 0 Å². The minimum absolute atomic E-state index is 0.690. The number of hydrogen-bond donors (Lipinski definition) is 2. The first kappa shape index (κ1) is 5.05. The van der Waals surface area contributed by atoms with E-state index >= 15 is 0 Å². The van der Waals surface area contributed by atoms with Crippen LogP contribution in [0.3, 0.4) is 0 Å². The van der Waals surface area contributed by atoms with Crippen molar-refractivity contribution in [1.29, 1.82) is 0 Å². The average molecular weight is 132 g/mol. The van der Waals surface area contributed by atoms with Crippen LogP contribution in [0.1, 0.15) is 0 Å². The van der Waals surface area contributed by atoms with E-state index in [-0.39, 0.29) is 0 Å². The van der Waals surface area contributed by atoms with Gasteiger partial charge in [-0.3, -0.25) is 3.97 Å². The van der Waals surface area contributed by atoms with E-state index in [1.54, 1.807) is 16.5 Å². The van der Waals surface area contributed by atoms with Gasteiger partial charge in [0, 0.05) is 6.20 Å². The van der Waals surface area contributed by atoms with E-state index in [0.29, 0.717) is 5.03 Å². The van der Waals surface area contributed by atoms with Crippen molar-refractivity contribution in [3.05, 3.63) is 12.5 Å². The molecule has 0 amide bonds. The highest BCUT2D eigenvalue weighted by Gasteiger charge is 1.83. The Balaban J connectivity index is 3.04. The van der Waals surface area contributed by atoms with Crippen LogP contribution in [-0.4, -0.2) is 8.96 Å². The van der Waals surface area contributed by atoms with E-state index in [4.69, 9.17) is 0 Å². The summed E-state index contributed by atoms with van der Waals surface area (Å²) < 4.78 is 1.54. The lowest BCUT2D eigenvalue weighted by atomic mass is 11.0. The molecule has 0 spiro atoms. The third-order valence-electron chi connectivity index (χ3n) is 0.556. The Labute approximate surface area is 52.5 Å². The second kappa shape index (κ2) is 1.79. The van der Waals surface area contributed by atoms with Crippen molar-refractivity contribution < 1.29 is 0 Å². The normalized spacial score (nSPS) is 9.43. The molecular formula is C3H4N2S2. The van der Waals surface area contributed by atoms with Gasteiger partial charge >= 0.3 is 0 Å². The summed E-state index contributed by atoms with van der Waals surface area (Å²) >= 11 is 7.83. The molecule has 1 aromatic heterocycles. The maximum atomic E-state index is 3.92. The van der Waals surface area contributed by atoms with Crippen molar-refractivity contribution in [2.45, 2.75) is 5.03 Å². The highest BCUT2D eigenvalue weighted by Crippen LogP contribution is 1.99. The van der Waals surface area contributed by atoms with Crippen molar-refractivity contribution in [3.8, 4) is 0 Å². The number of imidazole rings is 1. The zero-order chi connectivity index (χ0) is 5.28. The predicted octanol–water partition coefficient (Wildman–Crippen LogP) is 0.865. The molecule has 7 heavy (non-hydrogen) atoms. The molecule has 38 valence electrons. The fraction of sp³-hybridized carbons (Fsp3) is 0. The second-order valence-electron chi connectivity index (χ2n) is 1.11. The van der Waals surface area contributed by atoms with Gasteiger partial charge in [0.25, 0.3) is 0 Å². The topological polar surface area (TPSA) is 17.8 Å². The van der Waals surface area contributed by atoms with Crippen LogP contribution in [0, 0.1) is 0 Å². The first-order valence-electron chi connectivity index (χ1n) is 1.71. The Kier molecular flexibility index (Phi) is 1.30. The summed E-state index contributed by atoms with van der Waals surface area (Å²) in [5.74, 6) is 0. The van der Waals surface area contributed by atoms with Gasteiger partial charge in [0.05, 0.1) is 0 Å². The number of hydrogen-bond acceptors (Lipinski definition) is 3. The van der Waals surface area contributed by atoms with Crippen LogP contribution in [0.5, 0.6) is 0 Å². The summed E-state index contributed by atoms with van der Waals surface area (Å²) in [4.78, 5) is 3.77. The molecule has 0 aliphatic rings. The molecule has 0 saturated carbocycles. The highest BCUT2D eigenvalue weighted by atomic mass is 32.1. The van der Waals surface area contributed by atoms with Gasteiger partial charge in [0.1, 0.15) is 11.4 Å². The Hall–Kier alpha value is -0.0900. The van der Waals surface area contributed by atoms with Gasteiger partial charge in [-0.05, 0) is 0 Å². The Morgan fingerprint density at radius 2 is 2.43 bits per heavy atom. The summed E-state index contributed by atoms with van der Waals surface area (Å²) in [7, 11) is 0. The summed E-state index contributed by atoms with van der Waals surface area (Å²) in [5.41, 5.74) is 0. The maximum absolute atomic E-state index is 3.92. The molecule has 0 aliphatic heterocycles. The molecule has 4 heteroatoms. The van der Waals surface area contributed by atoms with Gasteiger partial charge in [0.15, 0.2) is 0 Å². The van der Waals surface area contributed by atoms with E-state index in [1.165, 1.54) is 0 Å². The van der Waals surface area contributed by atoms with Gasteiger partial charge in [-0.2, -0.15) is 0 Å². The molecule has 0 bridgehead atoms. The SMILES string of the molecule is Sc1cn(S)cn1. The van der Waals surface area contributed by atoms with Gasteiger partial charge in [0.2, 0.25) is 0 Å². The minimum atomic E-state index is 0.690. The first-order chi connectivity index (χ1) is 3.29. The van der Waals surface area contributed by atoms with Crippen molar-refractivity contribution in [3.63, 3.8) is 0 Å². The fourth-order valence-corrected chi connectivity index (χ4v) is 0.731. The van der Waals surface area contributed by atoms with Crippen molar-refractivity contribution in [1.82, 2.24) is 8.96 Å². The third kappa shape index (κ3) is 1.14. The van der Waals surface area contributed by atoms with Gasteiger partial charge in [-0.1, -0.05) is 12.8 Å². The molecule has 1 rings (SSSR count). The van der Waals surface area contributed by atoms with Crippen LogP contribution in [0.15, 0.2) is 17.6 Å². The van der Waals surface area contributed by atoms with E-state index < -0.39 is 0 Å². The number of aromatic nitrogens is 2. The molecule has 0 N–H and O–H groups in total. The zero-order valence-corrected chi connectivity index (χ0v) is 5.23. The first-order valence-corrected chi connectivity index (χ1v) is 2.56. The molecule has 2 nitrogen and oxygen atoms in total. The van der Waals surface area contributed by atoms with E-state index in [0.717, 1.165) is 0 Å². The van der Waals surface area contributed by atoms with Crippen LogP contribution < -0.4 is 0 Å². The lowest BCUT2D eigenvalue weighted by molar-refractivity contribution is 1.20. The maximum Gasteiger partial charge on any atom is 0.112 e. The molecule has 0 atom stereocenters. The minimum Gasteiger partial charge on any atom is -0.282 e. The molecule has 0 aromatic carbocycles.